The van der Waals surface area contributed by atoms with Crippen LogP contribution in [0.1, 0.15) is 54.9 Å². The SMILES string of the molecule is CC(=O)NCC(C)(C)[C@H](C)C(=O)N1CC[C@H](C(C)C)[C@H]1C(C)=O. The molecule has 1 heterocycles. The van der Waals surface area contributed by atoms with Crippen LogP contribution in [0.25, 0.3) is 0 Å². The summed E-state index contributed by atoms with van der Waals surface area (Å²) in [4.78, 5) is 38.0. The third-order valence-electron chi connectivity index (χ3n) is 5.34. The van der Waals surface area contributed by atoms with Crippen molar-refractivity contribution in [1.82, 2.24) is 10.2 Å². The van der Waals surface area contributed by atoms with Gasteiger partial charge in [0.2, 0.25) is 11.8 Å². The molecule has 0 aliphatic carbocycles. The average Bonchev–Trinajstić information content (AvgIpc) is 2.88. The van der Waals surface area contributed by atoms with E-state index in [1.807, 2.05) is 20.8 Å². The van der Waals surface area contributed by atoms with E-state index >= 15 is 0 Å². The number of nitrogens with zero attached hydrogens (tertiary/aromatic N) is 1. The van der Waals surface area contributed by atoms with E-state index in [1.54, 1.807) is 11.8 Å². The number of Topliss-reactive ketones (excluding diaryl/α,β-unsaturated/α-hetero) is 1. The zero-order chi connectivity index (χ0) is 17.9. The molecule has 23 heavy (non-hydrogen) atoms. The van der Waals surface area contributed by atoms with Crippen LogP contribution in [0.3, 0.4) is 0 Å². The maximum Gasteiger partial charge on any atom is 0.226 e. The molecular formula is C18H32N2O3. The molecule has 0 bridgehead atoms. The normalized spacial score (nSPS) is 23.0. The molecular weight excluding hydrogens is 292 g/mol. The Morgan fingerprint density at radius 3 is 2.17 bits per heavy atom. The number of likely N-dealkylation sites (tertiary alicyclic amines) is 1. The standard InChI is InChI=1S/C18H32N2O3/c1-11(2)15-8-9-20(16(15)13(4)21)17(23)12(3)18(6,7)10-19-14(5)22/h11-12,15-16H,8-10H2,1-7H3,(H,19,22)/t12-,15-,16-/m1/s1. The van der Waals surface area contributed by atoms with Crippen LogP contribution in [0.5, 0.6) is 0 Å². The summed E-state index contributed by atoms with van der Waals surface area (Å²) >= 11 is 0. The fraction of sp³-hybridized carbons (Fsp3) is 0.833. The second-order valence-corrected chi connectivity index (χ2v) is 7.90. The Morgan fingerprint density at radius 2 is 1.74 bits per heavy atom. The van der Waals surface area contributed by atoms with Gasteiger partial charge in [-0.05, 0) is 30.6 Å². The van der Waals surface area contributed by atoms with Crippen molar-refractivity contribution in [3.05, 3.63) is 0 Å². The third kappa shape index (κ3) is 4.55. The largest absolute Gasteiger partial charge is 0.356 e. The Morgan fingerprint density at radius 1 is 1.17 bits per heavy atom. The number of rotatable bonds is 6. The van der Waals surface area contributed by atoms with Crippen molar-refractivity contribution in [3.63, 3.8) is 0 Å². The van der Waals surface area contributed by atoms with Crippen molar-refractivity contribution in [3.8, 4) is 0 Å². The van der Waals surface area contributed by atoms with Crippen LogP contribution in [0, 0.1) is 23.2 Å². The van der Waals surface area contributed by atoms with Gasteiger partial charge in [-0.3, -0.25) is 14.4 Å². The van der Waals surface area contributed by atoms with E-state index in [1.165, 1.54) is 6.92 Å². The number of nitrogens with one attached hydrogen (secondary N) is 1. The van der Waals surface area contributed by atoms with E-state index in [4.69, 9.17) is 0 Å². The van der Waals surface area contributed by atoms with E-state index in [9.17, 15) is 14.4 Å². The number of ketones is 1. The summed E-state index contributed by atoms with van der Waals surface area (Å²) in [6.07, 6.45) is 0.881. The lowest BCUT2D eigenvalue weighted by Gasteiger charge is -2.36. The van der Waals surface area contributed by atoms with Crippen molar-refractivity contribution < 1.29 is 14.4 Å². The smallest absolute Gasteiger partial charge is 0.226 e. The first-order valence-electron chi connectivity index (χ1n) is 8.54. The highest BCUT2D eigenvalue weighted by molar-refractivity contribution is 5.89. The number of hydrogen-bond donors (Lipinski definition) is 1. The minimum absolute atomic E-state index is 0.0173. The van der Waals surface area contributed by atoms with Gasteiger partial charge in [0, 0.05) is 25.9 Å². The highest BCUT2D eigenvalue weighted by atomic mass is 16.2. The van der Waals surface area contributed by atoms with E-state index in [-0.39, 0.29) is 40.9 Å². The fourth-order valence-corrected chi connectivity index (χ4v) is 3.37. The molecule has 1 aliphatic rings. The molecule has 1 saturated heterocycles. The molecule has 1 N–H and O–H groups in total. The molecule has 0 aromatic carbocycles. The molecule has 132 valence electrons. The summed E-state index contributed by atoms with van der Waals surface area (Å²) in [5, 5.41) is 2.80. The van der Waals surface area contributed by atoms with Crippen LogP contribution in [0.2, 0.25) is 0 Å². The lowest BCUT2D eigenvalue weighted by molar-refractivity contribution is -0.144. The molecule has 0 unspecified atom stereocenters. The molecule has 1 fully saturated rings. The molecule has 5 nitrogen and oxygen atoms in total. The maximum atomic E-state index is 13.0. The molecule has 5 heteroatoms. The molecule has 2 amide bonds. The molecule has 0 aromatic rings. The van der Waals surface area contributed by atoms with E-state index in [2.05, 4.69) is 19.2 Å². The lowest BCUT2D eigenvalue weighted by Crippen LogP contribution is -2.49. The predicted molar refractivity (Wildman–Crippen MR) is 90.8 cm³/mol. The summed E-state index contributed by atoms with van der Waals surface area (Å²) < 4.78 is 0. The topological polar surface area (TPSA) is 66.5 Å². The zero-order valence-electron chi connectivity index (χ0n) is 15.6. The highest BCUT2D eigenvalue weighted by Gasteiger charge is 2.44. The Bertz CT molecular complexity index is 471. The van der Waals surface area contributed by atoms with E-state index < -0.39 is 0 Å². The van der Waals surface area contributed by atoms with Gasteiger partial charge in [-0.25, -0.2) is 0 Å². The van der Waals surface area contributed by atoms with Crippen LogP contribution in [0.4, 0.5) is 0 Å². The van der Waals surface area contributed by atoms with Gasteiger partial charge in [0.1, 0.15) is 0 Å². The van der Waals surface area contributed by atoms with Crippen LogP contribution < -0.4 is 5.32 Å². The average molecular weight is 324 g/mol. The molecule has 0 radical (unpaired) electrons. The fourth-order valence-electron chi connectivity index (χ4n) is 3.37. The predicted octanol–water partition coefficient (Wildman–Crippen LogP) is 2.25. The zero-order valence-corrected chi connectivity index (χ0v) is 15.6. The van der Waals surface area contributed by atoms with Crippen LogP contribution in [0.15, 0.2) is 0 Å². The monoisotopic (exact) mass is 324 g/mol. The van der Waals surface area contributed by atoms with Gasteiger partial charge >= 0.3 is 0 Å². The van der Waals surface area contributed by atoms with Gasteiger partial charge in [0.05, 0.1) is 6.04 Å². The van der Waals surface area contributed by atoms with Crippen molar-refractivity contribution in [2.75, 3.05) is 13.1 Å². The Balaban J connectivity index is 2.90. The summed E-state index contributed by atoms with van der Waals surface area (Å²) in [6.45, 7) is 14.2. The summed E-state index contributed by atoms with van der Waals surface area (Å²) in [5.41, 5.74) is -0.361. The van der Waals surface area contributed by atoms with Gasteiger partial charge in [0.15, 0.2) is 5.78 Å². The number of carbonyl (C=O) groups excluding carboxylic acids is 3. The number of amides is 2. The number of hydrogen-bond acceptors (Lipinski definition) is 3. The Labute approximate surface area is 140 Å². The molecule has 0 aromatic heterocycles. The molecule has 3 atom stereocenters. The van der Waals surface area contributed by atoms with Gasteiger partial charge in [-0.15, -0.1) is 0 Å². The van der Waals surface area contributed by atoms with Crippen molar-refractivity contribution in [1.29, 1.82) is 0 Å². The van der Waals surface area contributed by atoms with Crippen LogP contribution >= 0.6 is 0 Å². The van der Waals surface area contributed by atoms with Crippen molar-refractivity contribution in [2.45, 2.75) is 60.9 Å². The summed E-state index contributed by atoms with van der Waals surface area (Å²) in [7, 11) is 0. The van der Waals surface area contributed by atoms with Gasteiger partial charge in [0.25, 0.3) is 0 Å². The first-order chi connectivity index (χ1) is 10.5. The van der Waals surface area contributed by atoms with Crippen LogP contribution in [-0.2, 0) is 14.4 Å². The first-order valence-corrected chi connectivity index (χ1v) is 8.54. The van der Waals surface area contributed by atoms with Gasteiger partial charge in [-0.1, -0.05) is 34.6 Å². The lowest BCUT2D eigenvalue weighted by atomic mass is 9.78. The molecule has 1 aliphatic heterocycles. The summed E-state index contributed by atoms with van der Waals surface area (Å²) in [5.74, 6) is 0.346. The molecule has 0 saturated carbocycles. The maximum absolute atomic E-state index is 13.0. The minimum Gasteiger partial charge on any atom is -0.356 e. The van der Waals surface area contributed by atoms with Crippen molar-refractivity contribution in [2.24, 2.45) is 23.2 Å². The van der Waals surface area contributed by atoms with Gasteiger partial charge < -0.3 is 10.2 Å². The number of carbonyl (C=O) groups is 3. The van der Waals surface area contributed by atoms with E-state index in [0.717, 1.165) is 6.42 Å². The second kappa shape index (κ2) is 7.45. The quantitative estimate of drug-likeness (QED) is 0.815. The van der Waals surface area contributed by atoms with Gasteiger partial charge in [-0.2, -0.15) is 0 Å². The summed E-state index contributed by atoms with van der Waals surface area (Å²) in [6, 6.07) is -0.304. The Hall–Kier alpha value is -1.39. The molecule has 1 rings (SSSR count). The van der Waals surface area contributed by atoms with Crippen LogP contribution in [-0.4, -0.2) is 41.6 Å². The second-order valence-electron chi connectivity index (χ2n) is 7.90. The third-order valence-corrected chi connectivity index (χ3v) is 5.34. The van der Waals surface area contributed by atoms with E-state index in [0.29, 0.717) is 19.0 Å². The minimum atomic E-state index is -0.361. The first kappa shape index (κ1) is 19.7. The highest BCUT2D eigenvalue weighted by Crippen LogP contribution is 2.35. The molecule has 0 spiro atoms. The van der Waals surface area contributed by atoms with Crippen molar-refractivity contribution >= 4 is 17.6 Å². The Kier molecular flexibility index (Phi) is 6.37.